The van der Waals surface area contributed by atoms with E-state index in [-0.39, 0.29) is 30.1 Å². The smallest absolute Gasteiger partial charge is 0.277 e. The van der Waals surface area contributed by atoms with Crippen LogP contribution in [0.15, 0.2) is 65.7 Å². The van der Waals surface area contributed by atoms with Gasteiger partial charge in [0.05, 0.1) is 12.3 Å². The Morgan fingerprint density at radius 2 is 1.87 bits per heavy atom. The molecule has 2 aromatic heterocycles. The van der Waals surface area contributed by atoms with E-state index < -0.39 is 0 Å². The number of para-hydroxylation sites is 1. The molecule has 0 aliphatic heterocycles. The minimum Gasteiger partial charge on any atom is -0.392 e. The van der Waals surface area contributed by atoms with Crippen LogP contribution in [0.2, 0.25) is 0 Å². The number of nitrogens with zero attached hydrogens (tertiary/aromatic N) is 3. The van der Waals surface area contributed by atoms with Crippen LogP contribution in [0, 0.1) is 6.92 Å². The van der Waals surface area contributed by atoms with Gasteiger partial charge in [-0.25, -0.2) is 4.52 Å². The van der Waals surface area contributed by atoms with Gasteiger partial charge in [-0.1, -0.05) is 55.5 Å². The standard InChI is InChI=1S/C24H24N4O3/c1-3-17-11-7-8-16(2)21(17)25-20(30)14-27-12-13-28-23(24(27)31)19(15-29)22(26-28)18-9-5-4-6-10-18/h4-13,29H,3,14-15H2,1-2H3,(H,25,30). The van der Waals surface area contributed by atoms with E-state index in [1.165, 1.54) is 15.3 Å². The zero-order valence-electron chi connectivity index (χ0n) is 17.5. The van der Waals surface area contributed by atoms with Crippen LogP contribution < -0.4 is 10.9 Å². The molecule has 0 atom stereocenters. The summed E-state index contributed by atoms with van der Waals surface area (Å²) in [6.07, 6.45) is 3.96. The lowest BCUT2D eigenvalue weighted by Gasteiger charge is -2.13. The van der Waals surface area contributed by atoms with Crippen LogP contribution in [0.1, 0.15) is 23.6 Å². The zero-order chi connectivity index (χ0) is 22.0. The van der Waals surface area contributed by atoms with Crippen LogP contribution in [0.5, 0.6) is 0 Å². The number of amides is 1. The summed E-state index contributed by atoms with van der Waals surface area (Å²) in [5.41, 5.74) is 4.50. The molecule has 2 aromatic carbocycles. The second kappa shape index (κ2) is 8.57. The highest BCUT2D eigenvalue weighted by molar-refractivity contribution is 5.92. The summed E-state index contributed by atoms with van der Waals surface area (Å²) in [6.45, 7) is 3.51. The van der Waals surface area contributed by atoms with Gasteiger partial charge in [0.15, 0.2) is 0 Å². The number of hydrogen-bond donors (Lipinski definition) is 2. The molecule has 2 N–H and O–H groups in total. The van der Waals surface area contributed by atoms with Crippen LogP contribution in [0.25, 0.3) is 16.8 Å². The normalized spacial score (nSPS) is 11.1. The lowest BCUT2D eigenvalue weighted by Crippen LogP contribution is -2.29. The molecule has 0 aliphatic carbocycles. The van der Waals surface area contributed by atoms with Crippen molar-refractivity contribution in [2.75, 3.05) is 5.32 Å². The summed E-state index contributed by atoms with van der Waals surface area (Å²) < 4.78 is 2.80. The molecule has 7 nitrogen and oxygen atoms in total. The summed E-state index contributed by atoms with van der Waals surface area (Å²) in [4.78, 5) is 25.9. The molecule has 4 rings (SSSR count). The van der Waals surface area contributed by atoms with Gasteiger partial charge in [-0.15, -0.1) is 0 Å². The Kier molecular flexibility index (Phi) is 5.68. The van der Waals surface area contributed by atoms with Gasteiger partial charge in [-0.3, -0.25) is 9.59 Å². The van der Waals surface area contributed by atoms with Gasteiger partial charge < -0.3 is 15.0 Å². The molecule has 158 valence electrons. The molecule has 4 aromatic rings. The topological polar surface area (TPSA) is 88.6 Å². The molecular weight excluding hydrogens is 392 g/mol. The van der Waals surface area contributed by atoms with Crippen molar-refractivity contribution in [3.05, 3.63) is 88.0 Å². The number of benzene rings is 2. The second-order valence-electron chi connectivity index (χ2n) is 7.39. The lowest BCUT2D eigenvalue weighted by molar-refractivity contribution is -0.116. The largest absolute Gasteiger partial charge is 0.392 e. The molecule has 0 radical (unpaired) electrons. The number of nitrogens with one attached hydrogen (secondary N) is 1. The van der Waals surface area contributed by atoms with Gasteiger partial charge in [0.1, 0.15) is 12.1 Å². The van der Waals surface area contributed by atoms with E-state index >= 15 is 0 Å². The Morgan fingerprint density at radius 3 is 2.58 bits per heavy atom. The summed E-state index contributed by atoms with van der Waals surface area (Å²) in [5.74, 6) is -0.288. The van der Waals surface area contributed by atoms with Gasteiger partial charge in [-0.05, 0) is 24.5 Å². The quantitative estimate of drug-likeness (QED) is 0.505. The number of fused-ring (bicyclic) bond motifs is 1. The van der Waals surface area contributed by atoms with Gasteiger partial charge in [0.2, 0.25) is 5.91 Å². The van der Waals surface area contributed by atoms with Crippen LogP contribution in [0.4, 0.5) is 5.69 Å². The molecule has 0 saturated heterocycles. The van der Waals surface area contributed by atoms with Crippen molar-refractivity contribution < 1.29 is 9.90 Å². The highest BCUT2D eigenvalue weighted by Gasteiger charge is 2.18. The third-order valence-electron chi connectivity index (χ3n) is 5.38. The van der Waals surface area contributed by atoms with E-state index in [2.05, 4.69) is 10.4 Å². The fourth-order valence-electron chi connectivity index (χ4n) is 3.79. The van der Waals surface area contributed by atoms with E-state index in [9.17, 15) is 14.7 Å². The van der Waals surface area contributed by atoms with Gasteiger partial charge in [-0.2, -0.15) is 5.10 Å². The predicted molar refractivity (Wildman–Crippen MR) is 120 cm³/mol. The van der Waals surface area contributed by atoms with Crippen molar-refractivity contribution in [1.29, 1.82) is 0 Å². The number of aromatic nitrogens is 3. The highest BCUT2D eigenvalue weighted by Crippen LogP contribution is 2.24. The summed E-state index contributed by atoms with van der Waals surface area (Å²) in [6, 6.07) is 15.3. The number of rotatable bonds is 6. The van der Waals surface area contributed by atoms with Crippen molar-refractivity contribution in [3.63, 3.8) is 0 Å². The SMILES string of the molecule is CCc1cccc(C)c1NC(=O)Cn1ccn2nc(-c3ccccc3)c(CO)c2c1=O. The summed E-state index contributed by atoms with van der Waals surface area (Å²) in [7, 11) is 0. The first-order chi connectivity index (χ1) is 15.0. The molecule has 0 fully saturated rings. The predicted octanol–water partition coefficient (Wildman–Crippen LogP) is 3.16. The van der Waals surface area contributed by atoms with Gasteiger partial charge >= 0.3 is 0 Å². The van der Waals surface area contributed by atoms with E-state index in [0.717, 1.165) is 28.8 Å². The second-order valence-corrected chi connectivity index (χ2v) is 7.39. The van der Waals surface area contributed by atoms with Crippen molar-refractivity contribution in [2.45, 2.75) is 33.4 Å². The van der Waals surface area contributed by atoms with E-state index in [1.54, 1.807) is 6.20 Å². The molecule has 7 heteroatoms. The minimum atomic E-state index is -0.378. The Bertz CT molecular complexity index is 1310. The minimum absolute atomic E-state index is 0.135. The molecule has 0 bridgehead atoms. The maximum Gasteiger partial charge on any atom is 0.277 e. The molecule has 2 heterocycles. The molecule has 0 saturated carbocycles. The number of aliphatic hydroxyl groups is 1. The van der Waals surface area contributed by atoms with Gasteiger partial charge in [0.25, 0.3) is 5.56 Å². The number of carbonyl (C=O) groups is 1. The average molecular weight is 416 g/mol. The first-order valence-electron chi connectivity index (χ1n) is 10.2. The van der Waals surface area contributed by atoms with Crippen molar-refractivity contribution in [1.82, 2.24) is 14.2 Å². The average Bonchev–Trinajstić information content (AvgIpc) is 3.17. The van der Waals surface area contributed by atoms with E-state index in [1.807, 2.05) is 62.4 Å². The molecular formula is C24H24N4O3. The number of hydrogen-bond acceptors (Lipinski definition) is 4. The first kappa shape index (κ1) is 20.6. The van der Waals surface area contributed by atoms with Crippen LogP contribution in [-0.4, -0.2) is 25.2 Å². The fraction of sp³-hybridized carbons (Fsp3) is 0.208. The monoisotopic (exact) mass is 416 g/mol. The fourth-order valence-corrected chi connectivity index (χ4v) is 3.79. The number of aryl methyl sites for hydroxylation is 2. The summed E-state index contributed by atoms with van der Waals surface area (Å²) in [5, 5.41) is 17.4. The molecule has 31 heavy (non-hydrogen) atoms. The number of aliphatic hydroxyl groups excluding tert-OH is 1. The molecule has 0 unspecified atom stereocenters. The Morgan fingerprint density at radius 1 is 1.10 bits per heavy atom. The Hall–Kier alpha value is -3.71. The third kappa shape index (κ3) is 3.87. The Labute approximate surface area is 179 Å². The van der Waals surface area contributed by atoms with Crippen LogP contribution in [-0.2, 0) is 24.4 Å². The van der Waals surface area contributed by atoms with E-state index in [0.29, 0.717) is 11.3 Å². The number of carbonyl (C=O) groups excluding carboxylic acids is 1. The third-order valence-corrected chi connectivity index (χ3v) is 5.38. The molecule has 1 amide bonds. The Balaban J connectivity index is 1.69. The maximum atomic E-state index is 13.1. The first-order valence-corrected chi connectivity index (χ1v) is 10.2. The van der Waals surface area contributed by atoms with Crippen LogP contribution >= 0.6 is 0 Å². The lowest BCUT2D eigenvalue weighted by atomic mass is 10.1. The van der Waals surface area contributed by atoms with Crippen molar-refractivity contribution in [3.8, 4) is 11.3 Å². The van der Waals surface area contributed by atoms with Crippen LogP contribution in [0.3, 0.4) is 0 Å². The van der Waals surface area contributed by atoms with E-state index in [4.69, 9.17) is 0 Å². The summed E-state index contributed by atoms with van der Waals surface area (Å²) >= 11 is 0. The van der Waals surface area contributed by atoms with Crippen molar-refractivity contribution in [2.24, 2.45) is 0 Å². The molecule has 0 aliphatic rings. The van der Waals surface area contributed by atoms with Crippen molar-refractivity contribution >= 4 is 17.1 Å². The highest BCUT2D eigenvalue weighted by atomic mass is 16.3. The number of anilines is 1. The van der Waals surface area contributed by atoms with Gasteiger partial charge in [0, 0.05) is 29.2 Å². The zero-order valence-corrected chi connectivity index (χ0v) is 17.5. The molecule has 0 spiro atoms. The maximum absolute atomic E-state index is 13.1.